The molecule has 0 radical (unpaired) electrons. The molecule has 1 aromatic heterocycles. The minimum absolute atomic E-state index is 0.0150. The zero-order chi connectivity index (χ0) is 24.7. The van der Waals surface area contributed by atoms with Crippen LogP contribution in [0.15, 0.2) is 41.6 Å². The summed E-state index contributed by atoms with van der Waals surface area (Å²) in [4.78, 5) is 33.2. The molecule has 1 aliphatic rings. The predicted molar refractivity (Wildman–Crippen MR) is 129 cm³/mol. The van der Waals surface area contributed by atoms with Crippen molar-refractivity contribution >= 4 is 22.0 Å². The standard InChI is InChI=1S/C24H33N5O4S/c1-17(2)29(24(31)28-20-7-5-4-6-8-20)34(32,33)21-11-9-19(10-12-21)13-14-25-23(30)22-16-26-18(3)15-27-22/h9-12,15-17,20H,4-8,13-14H2,1-3H3,(H,25,30)(H,28,31). The van der Waals surface area contributed by atoms with Gasteiger partial charge in [0.2, 0.25) is 0 Å². The Hall–Kier alpha value is -3.01. The van der Waals surface area contributed by atoms with Gasteiger partial charge in [-0.15, -0.1) is 0 Å². The molecule has 2 aromatic rings. The van der Waals surface area contributed by atoms with E-state index in [2.05, 4.69) is 20.6 Å². The Kier molecular flexibility index (Phi) is 8.60. The summed E-state index contributed by atoms with van der Waals surface area (Å²) in [5, 5.41) is 5.68. The maximum Gasteiger partial charge on any atom is 0.331 e. The van der Waals surface area contributed by atoms with Gasteiger partial charge in [0.25, 0.3) is 15.9 Å². The summed E-state index contributed by atoms with van der Waals surface area (Å²) in [6, 6.07) is 5.31. The van der Waals surface area contributed by atoms with Crippen molar-refractivity contribution in [2.24, 2.45) is 0 Å². The van der Waals surface area contributed by atoms with Crippen molar-refractivity contribution in [3.05, 3.63) is 53.6 Å². The number of amides is 3. The predicted octanol–water partition coefficient (Wildman–Crippen LogP) is 3.20. The maximum absolute atomic E-state index is 13.2. The third-order valence-electron chi connectivity index (χ3n) is 5.79. The third kappa shape index (κ3) is 6.53. The molecule has 10 heteroatoms. The van der Waals surface area contributed by atoms with Crippen LogP contribution in [0.3, 0.4) is 0 Å². The molecule has 0 saturated heterocycles. The number of urea groups is 1. The highest BCUT2D eigenvalue weighted by molar-refractivity contribution is 7.89. The van der Waals surface area contributed by atoms with Gasteiger partial charge in [0.05, 0.1) is 16.8 Å². The number of rotatable bonds is 8. The van der Waals surface area contributed by atoms with Gasteiger partial charge in [-0.1, -0.05) is 31.4 Å². The van der Waals surface area contributed by atoms with E-state index in [0.29, 0.717) is 13.0 Å². The topological polar surface area (TPSA) is 121 Å². The largest absolute Gasteiger partial charge is 0.350 e. The van der Waals surface area contributed by atoms with Crippen molar-refractivity contribution in [1.29, 1.82) is 0 Å². The van der Waals surface area contributed by atoms with Gasteiger partial charge in [0.1, 0.15) is 5.69 Å². The molecule has 3 rings (SSSR count). The second-order valence-electron chi connectivity index (χ2n) is 8.87. The summed E-state index contributed by atoms with van der Waals surface area (Å²) in [5.41, 5.74) is 1.83. The van der Waals surface area contributed by atoms with Gasteiger partial charge < -0.3 is 10.6 Å². The number of aryl methyl sites for hydroxylation is 1. The second-order valence-corrected chi connectivity index (χ2v) is 10.7. The van der Waals surface area contributed by atoms with Crippen molar-refractivity contribution in [2.75, 3.05) is 6.54 Å². The molecule has 34 heavy (non-hydrogen) atoms. The van der Waals surface area contributed by atoms with Crippen LogP contribution in [0.4, 0.5) is 4.79 Å². The van der Waals surface area contributed by atoms with Gasteiger partial charge >= 0.3 is 6.03 Å². The molecule has 0 aliphatic heterocycles. The Morgan fingerprint density at radius 2 is 1.74 bits per heavy atom. The van der Waals surface area contributed by atoms with Crippen molar-refractivity contribution in [1.82, 2.24) is 24.9 Å². The summed E-state index contributed by atoms with van der Waals surface area (Å²) in [6.45, 7) is 5.53. The molecule has 0 atom stereocenters. The number of nitrogens with one attached hydrogen (secondary N) is 2. The number of aromatic nitrogens is 2. The monoisotopic (exact) mass is 487 g/mol. The van der Waals surface area contributed by atoms with E-state index in [9.17, 15) is 18.0 Å². The zero-order valence-electron chi connectivity index (χ0n) is 20.0. The van der Waals surface area contributed by atoms with Gasteiger partial charge in [0.15, 0.2) is 0 Å². The first-order valence-electron chi connectivity index (χ1n) is 11.7. The number of carbonyl (C=O) groups is 2. The van der Waals surface area contributed by atoms with E-state index >= 15 is 0 Å². The lowest BCUT2D eigenvalue weighted by Gasteiger charge is -2.30. The molecule has 9 nitrogen and oxygen atoms in total. The van der Waals surface area contributed by atoms with E-state index in [1.807, 2.05) is 0 Å². The molecule has 1 aromatic carbocycles. The number of carbonyl (C=O) groups excluding carboxylic acids is 2. The number of hydrogen-bond acceptors (Lipinski definition) is 6. The maximum atomic E-state index is 13.2. The molecule has 2 N–H and O–H groups in total. The highest BCUT2D eigenvalue weighted by Gasteiger charge is 2.33. The van der Waals surface area contributed by atoms with E-state index in [1.165, 1.54) is 24.5 Å². The molecule has 3 amide bonds. The van der Waals surface area contributed by atoms with E-state index in [1.54, 1.807) is 32.9 Å². The van der Waals surface area contributed by atoms with E-state index in [0.717, 1.165) is 47.7 Å². The molecule has 0 bridgehead atoms. The first-order valence-corrected chi connectivity index (χ1v) is 13.1. The summed E-state index contributed by atoms with van der Waals surface area (Å²) in [7, 11) is -4.00. The number of sulfonamides is 1. The fourth-order valence-corrected chi connectivity index (χ4v) is 5.50. The minimum atomic E-state index is -4.00. The average Bonchev–Trinajstić information content (AvgIpc) is 2.80. The Morgan fingerprint density at radius 3 is 2.32 bits per heavy atom. The molecule has 0 spiro atoms. The van der Waals surface area contributed by atoms with E-state index in [-0.39, 0.29) is 22.5 Å². The first kappa shape index (κ1) is 25.6. The normalized spacial score (nSPS) is 14.6. The molecule has 1 aliphatic carbocycles. The van der Waals surface area contributed by atoms with Crippen LogP contribution in [0.25, 0.3) is 0 Å². The minimum Gasteiger partial charge on any atom is -0.350 e. The Labute approximate surface area is 201 Å². The Bertz CT molecular complexity index is 1080. The van der Waals surface area contributed by atoms with Crippen molar-refractivity contribution < 1.29 is 18.0 Å². The van der Waals surface area contributed by atoms with Gasteiger partial charge in [-0.3, -0.25) is 9.78 Å². The van der Waals surface area contributed by atoms with Crippen molar-refractivity contribution in [3.63, 3.8) is 0 Å². The van der Waals surface area contributed by atoms with E-state index in [4.69, 9.17) is 0 Å². The zero-order valence-corrected chi connectivity index (χ0v) is 20.8. The Balaban J connectivity index is 1.61. The van der Waals surface area contributed by atoms with Crippen LogP contribution in [0.2, 0.25) is 0 Å². The number of hydrogen-bond donors (Lipinski definition) is 2. The summed E-state index contributed by atoms with van der Waals surface area (Å²) in [6.07, 6.45) is 8.45. The molecular formula is C24H33N5O4S. The fraction of sp³-hybridized carbons (Fsp3) is 0.500. The van der Waals surface area contributed by atoms with Crippen molar-refractivity contribution in [2.45, 2.75) is 76.3 Å². The van der Waals surface area contributed by atoms with Gasteiger partial charge in [-0.2, -0.15) is 0 Å². The van der Waals surface area contributed by atoms with Gasteiger partial charge in [0, 0.05) is 24.8 Å². The third-order valence-corrected chi connectivity index (χ3v) is 7.77. The molecule has 1 fully saturated rings. The van der Waals surface area contributed by atoms with Crippen LogP contribution in [0, 0.1) is 6.92 Å². The fourth-order valence-electron chi connectivity index (χ4n) is 3.97. The summed E-state index contributed by atoms with van der Waals surface area (Å²) >= 11 is 0. The van der Waals surface area contributed by atoms with Gasteiger partial charge in [-0.05, 0) is 57.7 Å². The van der Waals surface area contributed by atoms with E-state index < -0.39 is 22.1 Å². The van der Waals surface area contributed by atoms with Crippen LogP contribution < -0.4 is 10.6 Å². The first-order chi connectivity index (χ1) is 16.2. The molecule has 184 valence electrons. The van der Waals surface area contributed by atoms with Crippen LogP contribution in [-0.2, 0) is 16.4 Å². The van der Waals surface area contributed by atoms with Crippen LogP contribution >= 0.6 is 0 Å². The Morgan fingerprint density at radius 1 is 1.06 bits per heavy atom. The summed E-state index contributed by atoms with van der Waals surface area (Å²) < 4.78 is 27.4. The molecule has 1 heterocycles. The van der Waals surface area contributed by atoms with Crippen LogP contribution in [0.5, 0.6) is 0 Å². The lowest BCUT2D eigenvalue weighted by Crippen LogP contribution is -2.50. The van der Waals surface area contributed by atoms with Crippen molar-refractivity contribution in [3.8, 4) is 0 Å². The number of nitrogens with zero attached hydrogens (tertiary/aromatic N) is 3. The van der Waals surface area contributed by atoms with Crippen LogP contribution in [0.1, 0.15) is 67.7 Å². The number of benzene rings is 1. The molecular weight excluding hydrogens is 454 g/mol. The second kappa shape index (κ2) is 11.4. The highest BCUT2D eigenvalue weighted by Crippen LogP contribution is 2.22. The average molecular weight is 488 g/mol. The SMILES string of the molecule is Cc1cnc(C(=O)NCCc2ccc(S(=O)(=O)N(C(=O)NC3CCCCC3)C(C)C)cc2)cn1. The lowest BCUT2D eigenvalue weighted by molar-refractivity contribution is 0.0948. The van der Waals surface area contributed by atoms with Gasteiger partial charge in [-0.25, -0.2) is 22.5 Å². The molecule has 1 saturated carbocycles. The highest BCUT2D eigenvalue weighted by atomic mass is 32.2. The molecule has 0 unspecified atom stereocenters. The smallest absolute Gasteiger partial charge is 0.331 e. The quantitative estimate of drug-likeness (QED) is 0.590. The van der Waals surface area contributed by atoms with Crippen LogP contribution in [-0.4, -0.2) is 53.3 Å². The lowest BCUT2D eigenvalue weighted by atomic mass is 9.96. The summed E-state index contributed by atoms with van der Waals surface area (Å²) in [5.74, 6) is -0.316.